The molecule has 1 rings (SSSR count). The molecule has 1 aromatic rings. The van der Waals surface area contributed by atoms with Crippen molar-refractivity contribution >= 4 is 5.91 Å². The number of carbonyl (C=O) groups is 1. The minimum Gasteiger partial charge on any atom is -0.354 e. The maximum absolute atomic E-state index is 13.0. The second-order valence-corrected chi connectivity index (χ2v) is 4.68. The zero-order chi connectivity index (χ0) is 15.1. The van der Waals surface area contributed by atoms with Gasteiger partial charge in [-0.1, -0.05) is 6.92 Å². The molecule has 0 bridgehead atoms. The molecular weight excluding hydrogens is 269 g/mol. The van der Waals surface area contributed by atoms with Gasteiger partial charge in [-0.25, -0.2) is 13.2 Å². The number of hydrogen-bond donors (Lipinski definition) is 2. The first-order chi connectivity index (χ1) is 9.43. The number of hydrogen-bond acceptors (Lipinski definition) is 2. The number of benzene rings is 1. The molecule has 1 unspecified atom stereocenters. The third-order valence-corrected chi connectivity index (χ3v) is 2.92. The Hall–Kier alpha value is -1.56. The summed E-state index contributed by atoms with van der Waals surface area (Å²) in [4.78, 5) is 11.5. The van der Waals surface area contributed by atoms with Crippen LogP contribution in [0.1, 0.15) is 32.3 Å². The average molecular weight is 288 g/mol. The third kappa shape index (κ3) is 5.21. The molecule has 2 N–H and O–H groups in total. The van der Waals surface area contributed by atoms with E-state index in [1.54, 1.807) is 0 Å². The summed E-state index contributed by atoms with van der Waals surface area (Å²) >= 11 is 0. The van der Waals surface area contributed by atoms with E-state index in [1.165, 1.54) is 0 Å². The Labute approximate surface area is 116 Å². The van der Waals surface area contributed by atoms with Gasteiger partial charge in [-0.05, 0) is 31.0 Å². The second-order valence-electron chi connectivity index (χ2n) is 4.68. The van der Waals surface area contributed by atoms with Gasteiger partial charge in [0.1, 0.15) is 0 Å². The van der Waals surface area contributed by atoms with Gasteiger partial charge in [0.15, 0.2) is 17.5 Å². The molecule has 1 aromatic carbocycles. The van der Waals surface area contributed by atoms with Gasteiger partial charge in [-0.2, -0.15) is 0 Å². The zero-order valence-corrected chi connectivity index (χ0v) is 11.6. The van der Waals surface area contributed by atoms with Gasteiger partial charge in [0.25, 0.3) is 0 Å². The fourth-order valence-corrected chi connectivity index (χ4v) is 1.59. The molecule has 0 radical (unpaired) electrons. The topological polar surface area (TPSA) is 41.1 Å². The Balaban J connectivity index is 2.33. The number of nitrogens with one attached hydrogen (secondary N) is 2. The van der Waals surface area contributed by atoms with E-state index >= 15 is 0 Å². The lowest BCUT2D eigenvalue weighted by atomic mass is 10.2. The molecule has 0 saturated carbocycles. The van der Waals surface area contributed by atoms with Gasteiger partial charge in [0.2, 0.25) is 5.91 Å². The van der Waals surface area contributed by atoms with E-state index in [2.05, 4.69) is 10.6 Å². The van der Waals surface area contributed by atoms with Gasteiger partial charge < -0.3 is 10.6 Å². The normalized spacial score (nSPS) is 12.2. The summed E-state index contributed by atoms with van der Waals surface area (Å²) in [6, 6.07) is 2.00. The molecule has 0 aliphatic carbocycles. The van der Waals surface area contributed by atoms with Gasteiger partial charge in [0.05, 0.1) is 0 Å². The van der Waals surface area contributed by atoms with Crippen LogP contribution in [0.25, 0.3) is 0 Å². The number of rotatable bonds is 7. The Morgan fingerprint density at radius 2 is 1.85 bits per heavy atom. The summed E-state index contributed by atoms with van der Waals surface area (Å²) in [5, 5.41) is 5.69. The average Bonchev–Trinajstić information content (AvgIpc) is 2.40. The third-order valence-electron chi connectivity index (χ3n) is 2.92. The monoisotopic (exact) mass is 288 g/mol. The highest BCUT2D eigenvalue weighted by atomic mass is 19.2. The molecule has 20 heavy (non-hydrogen) atoms. The smallest absolute Gasteiger partial charge is 0.221 e. The molecule has 0 saturated heterocycles. The van der Waals surface area contributed by atoms with Crippen molar-refractivity contribution in [3.05, 3.63) is 35.1 Å². The SMILES string of the molecule is CCC(C)NC(=O)CCNCc1cc(F)c(F)c(F)c1. The van der Waals surface area contributed by atoms with Gasteiger partial charge in [-0.15, -0.1) is 0 Å². The van der Waals surface area contributed by atoms with Crippen molar-refractivity contribution in [1.82, 2.24) is 10.6 Å². The Morgan fingerprint density at radius 1 is 1.25 bits per heavy atom. The first-order valence-corrected chi connectivity index (χ1v) is 6.57. The highest BCUT2D eigenvalue weighted by Gasteiger charge is 2.10. The molecule has 0 heterocycles. The highest BCUT2D eigenvalue weighted by molar-refractivity contribution is 5.76. The van der Waals surface area contributed by atoms with Gasteiger partial charge in [0, 0.05) is 25.6 Å². The van der Waals surface area contributed by atoms with Crippen LogP contribution in [0.5, 0.6) is 0 Å². The molecule has 1 amide bonds. The van der Waals surface area contributed by atoms with E-state index in [9.17, 15) is 18.0 Å². The maximum atomic E-state index is 13.0. The minimum absolute atomic E-state index is 0.0803. The molecule has 0 aliphatic heterocycles. The van der Waals surface area contributed by atoms with E-state index in [1.807, 2.05) is 13.8 Å². The lowest BCUT2D eigenvalue weighted by molar-refractivity contribution is -0.121. The molecule has 0 aliphatic rings. The van der Waals surface area contributed by atoms with Crippen LogP contribution in [0, 0.1) is 17.5 Å². The van der Waals surface area contributed by atoms with Crippen molar-refractivity contribution in [2.45, 2.75) is 39.3 Å². The molecular formula is C14H19F3N2O. The van der Waals surface area contributed by atoms with Crippen LogP contribution in [0.3, 0.4) is 0 Å². The predicted molar refractivity (Wildman–Crippen MR) is 70.5 cm³/mol. The van der Waals surface area contributed by atoms with E-state index in [0.717, 1.165) is 18.6 Å². The molecule has 6 heteroatoms. The minimum atomic E-state index is -1.47. The Kier molecular flexibility index (Phi) is 6.51. The fraction of sp³-hybridized carbons (Fsp3) is 0.500. The first-order valence-electron chi connectivity index (χ1n) is 6.57. The maximum Gasteiger partial charge on any atom is 0.221 e. The molecule has 0 aromatic heterocycles. The van der Waals surface area contributed by atoms with Crippen molar-refractivity contribution in [3.8, 4) is 0 Å². The van der Waals surface area contributed by atoms with Crippen LogP contribution in [0.15, 0.2) is 12.1 Å². The van der Waals surface area contributed by atoms with E-state index in [4.69, 9.17) is 0 Å². The zero-order valence-electron chi connectivity index (χ0n) is 11.6. The van der Waals surface area contributed by atoms with E-state index in [-0.39, 0.29) is 24.9 Å². The molecule has 0 fully saturated rings. The standard InChI is InChI=1S/C14H19F3N2O/c1-3-9(2)19-13(20)4-5-18-8-10-6-11(15)14(17)12(16)7-10/h6-7,9,18H,3-5,8H2,1-2H3,(H,19,20). The summed E-state index contributed by atoms with van der Waals surface area (Å²) in [5.74, 6) is -3.97. The van der Waals surface area contributed by atoms with E-state index in [0.29, 0.717) is 12.1 Å². The van der Waals surface area contributed by atoms with E-state index < -0.39 is 17.5 Å². The van der Waals surface area contributed by atoms with Crippen molar-refractivity contribution < 1.29 is 18.0 Å². The molecule has 3 nitrogen and oxygen atoms in total. The second kappa shape index (κ2) is 7.89. The quantitative estimate of drug-likeness (QED) is 0.598. The van der Waals surface area contributed by atoms with Gasteiger partial charge >= 0.3 is 0 Å². The summed E-state index contributed by atoms with van der Waals surface area (Å²) in [7, 11) is 0. The van der Waals surface area contributed by atoms with Crippen LogP contribution in [-0.2, 0) is 11.3 Å². The number of carbonyl (C=O) groups excluding carboxylic acids is 1. The Morgan fingerprint density at radius 3 is 2.40 bits per heavy atom. The number of halogens is 3. The molecule has 112 valence electrons. The highest BCUT2D eigenvalue weighted by Crippen LogP contribution is 2.13. The summed E-state index contributed by atoms with van der Waals surface area (Å²) in [6.07, 6.45) is 1.13. The predicted octanol–water partition coefficient (Wildman–Crippen LogP) is 2.50. The van der Waals surface area contributed by atoms with Crippen molar-refractivity contribution in [2.24, 2.45) is 0 Å². The van der Waals surface area contributed by atoms with Crippen molar-refractivity contribution in [3.63, 3.8) is 0 Å². The van der Waals surface area contributed by atoms with Crippen molar-refractivity contribution in [1.29, 1.82) is 0 Å². The van der Waals surface area contributed by atoms with Gasteiger partial charge in [-0.3, -0.25) is 4.79 Å². The fourth-order valence-electron chi connectivity index (χ4n) is 1.59. The summed E-state index contributed by atoms with van der Waals surface area (Å²) in [5.41, 5.74) is 0.295. The summed E-state index contributed by atoms with van der Waals surface area (Å²) in [6.45, 7) is 4.43. The van der Waals surface area contributed by atoms with Crippen LogP contribution < -0.4 is 10.6 Å². The largest absolute Gasteiger partial charge is 0.354 e. The Bertz CT molecular complexity index is 443. The van der Waals surface area contributed by atoms with Crippen LogP contribution >= 0.6 is 0 Å². The van der Waals surface area contributed by atoms with Crippen LogP contribution in [0.2, 0.25) is 0 Å². The van der Waals surface area contributed by atoms with Crippen molar-refractivity contribution in [2.75, 3.05) is 6.54 Å². The first kappa shape index (κ1) is 16.5. The summed E-state index contributed by atoms with van der Waals surface area (Å²) < 4.78 is 38.6. The lowest BCUT2D eigenvalue weighted by Crippen LogP contribution is -2.33. The number of amides is 1. The van der Waals surface area contributed by atoms with Crippen LogP contribution in [-0.4, -0.2) is 18.5 Å². The van der Waals surface area contributed by atoms with Crippen LogP contribution in [0.4, 0.5) is 13.2 Å². The molecule has 0 spiro atoms. The molecule has 1 atom stereocenters. The lowest BCUT2D eigenvalue weighted by Gasteiger charge is -2.11.